The maximum Gasteiger partial charge on any atom is 0.373 e. The van der Waals surface area contributed by atoms with Gasteiger partial charge in [0.25, 0.3) is 0 Å². The Morgan fingerprint density at radius 1 is 1.71 bits per heavy atom. The van der Waals surface area contributed by atoms with E-state index in [1.807, 2.05) is 0 Å². The van der Waals surface area contributed by atoms with Crippen molar-refractivity contribution in [3.63, 3.8) is 0 Å². The molecule has 0 radical (unpaired) electrons. The summed E-state index contributed by atoms with van der Waals surface area (Å²) in [7, 11) is 0. The van der Waals surface area contributed by atoms with Crippen molar-refractivity contribution < 1.29 is 4.79 Å². The van der Waals surface area contributed by atoms with Crippen molar-refractivity contribution in [2.45, 2.75) is 17.7 Å². The molecule has 2 rings (SSSR count). The van der Waals surface area contributed by atoms with E-state index < -0.39 is 16.1 Å². The summed E-state index contributed by atoms with van der Waals surface area (Å²) in [5.74, 6) is 5.61. The lowest BCUT2D eigenvalue weighted by Crippen LogP contribution is -2.40. The molecule has 0 spiro atoms. The van der Waals surface area contributed by atoms with Crippen LogP contribution in [0.2, 0.25) is 0 Å². The lowest BCUT2D eigenvalue weighted by molar-refractivity contribution is 0.238. The molecule has 1 aromatic rings. The number of carbonyl (C=O) groups excluding carboxylic acids is 1. The van der Waals surface area contributed by atoms with Crippen LogP contribution in [-0.2, 0) is 0 Å². The summed E-state index contributed by atoms with van der Waals surface area (Å²) < 4.78 is 0.702. The summed E-state index contributed by atoms with van der Waals surface area (Å²) >= 11 is 11.6. The fraction of sp³-hybridized carbons (Fsp3) is 0.625. The lowest BCUT2D eigenvalue weighted by atomic mass is 10.4. The molecule has 3 N–H and O–H groups in total. The Labute approximate surface area is 106 Å². The van der Waals surface area contributed by atoms with Crippen molar-refractivity contribution in [2.24, 2.45) is 5.92 Å². The number of carbonyl (C=O) groups is 1. The highest BCUT2D eigenvalue weighted by molar-refractivity contribution is 6.50. The summed E-state index contributed by atoms with van der Waals surface area (Å²) in [5, 5.41) is 6.23. The standard InChI is InChI=1S/C8H11Cl2N5O2/c1-4-13-15(7(17)14(4)11)6(16)12-3-5-2-8(5,9)10/h5H,2-3,11H2,1H3,(H,12,16). The van der Waals surface area contributed by atoms with E-state index in [9.17, 15) is 9.59 Å². The largest absolute Gasteiger partial charge is 0.373 e. The average Bonchev–Trinajstić information content (AvgIpc) is 2.79. The molecule has 1 aromatic heterocycles. The molecule has 7 nitrogen and oxygen atoms in total. The van der Waals surface area contributed by atoms with E-state index in [1.165, 1.54) is 6.92 Å². The van der Waals surface area contributed by atoms with Crippen LogP contribution < -0.4 is 16.8 Å². The number of aryl methyl sites for hydroxylation is 1. The molecule has 0 bridgehead atoms. The van der Waals surface area contributed by atoms with E-state index in [0.717, 1.165) is 4.68 Å². The number of rotatable bonds is 2. The maximum atomic E-state index is 11.6. The van der Waals surface area contributed by atoms with Crippen molar-refractivity contribution in [3.8, 4) is 0 Å². The minimum atomic E-state index is -0.763. The van der Waals surface area contributed by atoms with Gasteiger partial charge >= 0.3 is 11.7 Å². The average molecular weight is 280 g/mol. The third-order valence-corrected chi connectivity index (χ3v) is 3.55. The zero-order valence-electron chi connectivity index (χ0n) is 8.98. The normalized spacial score (nSPS) is 21.2. The fourth-order valence-corrected chi connectivity index (χ4v) is 1.91. The summed E-state index contributed by atoms with van der Waals surface area (Å²) in [4.78, 5) is 23.1. The van der Waals surface area contributed by atoms with Crippen LogP contribution in [0.1, 0.15) is 12.2 Å². The second kappa shape index (κ2) is 3.92. The SMILES string of the molecule is Cc1nn(C(=O)NCC2CC2(Cl)Cl)c(=O)n1N. The molecule has 0 saturated heterocycles. The van der Waals surface area contributed by atoms with Crippen LogP contribution in [0.15, 0.2) is 4.79 Å². The molecule has 0 aromatic carbocycles. The van der Waals surface area contributed by atoms with E-state index in [2.05, 4.69) is 10.4 Å². The van der Waals surface area contributed by atoms with Gasteiger partial charge in [0.2, 0.25) is 0 Å². The molecule has 94 valence electrons. The highest BCUT2D eigenvalue weighted by Gasteiger charge is 2.51. The number of nitrogens with two attached hydrogens (primary N) is 1. The van der Waals surface area contributed by atoms with Crippen molar-refractivity contribution in [3.05, 3.63) is 16.3 Å². The molecule has 0 aliphatic heterocycles. The van der Waals surface area contributed by atoms with E-state index in [0.29, 0.717) is 17.6 Å². The molecule has 17 heavy (non-hydrogen) atoms. The first-order chi connectivity index (χ1) is 7.83. The third kappa shape index (κ3) is 2.25. The molecule has 1 heterocycles. The second-order valence-corrected chi connectivity index (χ2v) is 5.50. The zero-order valence-corrected chi connectivity index (χ0v) is 10.5. The quantitative estimate of drug-likeness (QED) is 0.580. The van der Waals surface area contributed by atoms with E-state index in [-0.39, 0.29) is 11.7 Å². The highest BCUT2D eigenvalue weighted by Crippen LogP contribution is 2.52. The Morgan fingerprint density at radius 2 is 2.29 bits per heavy atom. The van der Waals surface area contributed by atoms with Crippen LogP contribution in [0.5, 0.6) is 0 Å². The number of amides is 1. The Balaban J connectivity index is 2.01. The predicted octanol–water partition coefficient (Wildman–Crippen LogP) is -0.181. The van der Waals surface area contributed by atoms with Gasteiger partial charge in [0.15, 0.2) is 5.82 Å². The van der Waals surface area contributed by atoms with Gasteiger partial charge in [-0.2, -0.15) is 4.68 Å². The van der Waals surface area contributed by atoms with Gasteiger partial charge in [-0.25, -0.2) is 9.59 Å². The number of hydrogen-bond donors (Lipinski definition) is 2. The molecule has 1 aliphatic carbocycles. The zero-order chi connectivity index (χ0) is 12.8. The Kier molecular flexibility index (Phi) is 2.82. The van der Waals surface area contributed by atoms with Crippen LogP contribution in [0.25, 0.3) is 0 Å². The first-order valence-corrected chi connectivity index (χ1v) is 5.68. The molecule has 1 amide bonds. The van der Waals surface area contributed by atoms with Gasteiger partial charge < -0.3 is 11.2 Å². The number of alkyl halides is 2. The van der Waals surface area contributed by atoms with E-state index in [4.69, 9.17) is 29.0 Å². The summed E-state index contributed by atoms with van der Waals surface area (Å²) in [6.07, 6.45) is 0.621. The highest BCUT2D eigenvalue weighted by atomic mass is 35.5. The van der Waals surface area contributed by atoms with Gasteiger partial charge in [0.1, 0.15) is 4.33 Å². The van der Waals surface area contributed by atoms with E-state index in [1.54, 1.807) is 0 Å². The number of nitrogens with one attached hydrogen (secondary N) is 1. The Morgan fingerprint density at radius 3 is 2.71 bits per heavy atom. The van der Waals surface area contributed by atoms with Gasteiger partial charge in [-0.3, -0.25) is 0 Å². The first kappa shape index (κ1) is 12.3. The van der Waals surface area contributed by atoms with Gasteiger partial charge in [-0.1, -0.05) is 0 Å². The predicted molar refractivity (Wildman–Crippen MR) is 62.7 cm³/mol. The summed E-state index contributed by atoms with van der Waals surface area (Å²) in [6, 6.07) is -0.640. The minimum Gasteiger partial charge on any atom is -0.336 e. The van der Waals surface area contributed by atoms with Crippen LogP contribution in [0.4, 0.5) is 4.79 Å². The lowest BCUT2D eigenvalue weighted by Gasteiger charge is -2.03. The number of aromatic nitrogens is 3. The van der Waals surface area contributed by atoms with Gasteiger partial charge in [0.05, 0.1) is 0 Å². The molecule has 1 unspecified atom stereocenters. The molecule has 1 fully saturated rings. The smallest absolute Gasteiger partial charge is 0.336 e. The molecule has 1 aliphatic rings. The van der Waals surface area contributed by atoms with Crippen molar-refractivity contribution in [2.75, 3.05) is 12.4 Å². The molecule has 1 saturated carbocycles. The Bertz CT molecular complexity index is 520. The topological polar surface area (TPSA) is 94.9 Å². The summed E-state index contributed by atoms with van der Waals surface area (Å²) in [5.41, 5.74) is -0.696. The van der Waals surface area contributed by atoms with Crippen LogP contribution in [0.3, 0.4) is 0 Å². The van der Waals surface area contributed by atoms with Crippen LogP contribution in [-0.4, -0.2) is 31.4 Å². The third-order valence-electron chi connectivity index (χ3n) is 2.63. The second-order valence-electron chi connectivity index (χ2n) is 3.96. The van der Waals surface area contributed by atoms with Crippen LogP contribution >= 0.6 is 23.2 Å². The molecular weight excluding hydrogens is 269 g/mol. The van der Waals surface area contributed by atoms with Crippen LogP contribution in [0, 0.1) is 12.8 Å². The minimum absolute atomic E-state index is 0.00606. The van der Waals surface area contributed by atoms with Gasteiger partial charge in [-0.05, 0) is 13.3 Å². The monoisotopic (exact) mass is 279 g/mol. The van der Waals surface area contributed by atoms with E-state index >= 15 is 0 Å². The molecule has 1 atom stereocenters. The van der Waals surface area contributed by atoms with Gasteiger partial charge in [-0.15, -0.1) is 33.0 Å². The molecule has 9 heteroatoms. The van der Waals surface area contributed by atoms with Crippen molar-refractivity contribution >= 4 is 29.2 Å². The first-order valence-electron chi connectivity index (χ1n) is 4.92. The summed E-state index contributed by atoms with van der Waals surface area (Å²) in [6.45, 7) is 1.82. The number of halogens is 2. The maximum absolute atomic E-state index is 11.6. The van der Waals surface area contributed by atoms with Crippen molar-refractivity contribution in [1.82, 2.24) is 19.8 Å². The fourth-order valence-electron chi connectivity index (χ4n) is 1.38. The number of hydrogen-bond acceptors (Lipinski definition) is 4. The molecular formula is C8H11Cl2N5O2. The Hall–Kier alpha value is -1.21. The van der Waals surface area contributed by atoms with Crippen molar-refractivity contribution in [1.29, 1.82) is 0 Å². The van der Waals surface area contributed by atoms with Gasteiger partial charge in [0, 0.05) is 12.5 Å². The number of nitrogens with zero attached hydrogens (tertiary/aromatic N) is 3. The number of nitrogen functional groups attached to an aromatic ring is 1.